The molecule has 2 aliphatic rings. The predicted molar refractivity (Wildman–Crippen MR) is 113 cm³/mol. The SMILES string of the molecule is C#C[C@H](CC(=O)OCC)NC(=O)CN1CCc2ccc(C3CCNCC3)cc2C1=O. The Hall–Kier alpha value is -2.85. The first kappa shape index (κ1) is 21.8. The average Bonchev–Trinajstić information content (AvgIpc) is 2.76. The highest BCUT2D eigenvalue weighted by Crippen LogP contribution is 2.29. The fraction of sp³-hybridized carbons (Fsp3) is 0.522. The number of piperidine rings is 1. The number of nitrogens with zero attached hydrogens (tertiary/aromatic N) is 1. The van der Waals surface area contributed by atoms with E-state index in [0.717, 1.165) is 31.5 Å². The van der Waals surface area contributed by atoms with Crippen molar-refractivity contribution in [3.63, 3.8) is 0 Å². The summed E-state index contributed by atoms with van der Waals surface area (Å²) in [5.74, 6) is 1.87. The number of benzene rings is 1. The third-order valence-corrected chi connectivity index (χ3v) is 5.66. The lowest BCUT2D eigenvalue weighted by Crippen LogP contribution is -2.46. The quantitative estimate of drug-likeness (QED) is 0.520. The number of hydrogen-bond acceptors (Lipinski definition) is 5. The average molecular weight is 412 g/mol. The van der Waals surface area contributed by atoms with E-state index in [4.69, 9.17) is 11.2 Å². The van der Waals surface area contributed by atoms with Gasteiger partial charge in [-0.3, -0.25) is 14.4 Å². The minimum Gasteiger partial charge on any atom is -0.466 e. The molecule has 2 aliphatic heterocycles. The van der Waals surface area contributed by atoms with Gasteiger partial charge in [0, 0.05) is 12.1 Å². The Morgan fingerprint density at radius 1 is 1.37 bits per heavy atom. The molecule has 7 nitrogen and oxygen atoms in total. The normalized spacial score (nSPS) is 17.6. The van der Waals surface area contributed by atoms with E-state index in [2.05, 4.69) is 28.7 Å². The largest absolute Gasteiger partial charge is 0.466 e. The van der Waals surface area contributed by atoms with Gasteiger partial charge in [0.05, 0.1) is 19.6 Å². The molecule has 0 radical (unpaired) electrons. The number of carbonyl (C=O) groups excluding carboxylic acids is 3. The number of nitrogens with one attached hydrogen (secondary N) is 2. The van der Waals surface area contributed by atoms with E-state index < -0.39 is 12.0 Å². The highest BCUT2D eigenvalue weighted by molar-refractivity contribution is 5.99. The standard InChI is InChI=1S/C23H29N3O4/c1-3-19(14-22(28)30-4-2)25-21(27)15-26-12-9-17-5-6-18(13-20(17)23(26)29)16-7-10-24-11-8-16/h1,5-6,13,16,19,24H,4,7-12,14-15H2,2H3,(H,25,27)/t19-/m1/s1. The third-order valence-electron chi connectivity index (χ3n) is 5.66. The molecule has 0 aromatic heterocycles. The predicted octanol–water partition coefficient (Wildman–Crippen LogP) is 1.22. The van der Waals surface area contributed by atoms with Crippen molar-refractivity contribution >= 4 is 17.8 Å². The summed E-state index contributed by atoms with van der Waals surface area (Å²) in [5, 5.41) is 5.99. The lowest BCUT2D eigenvalue weighted by molar-refractivity contribution is -0.143. The van der Waals surface area contributed by atoms with Gasteiger partial charge in [-0.2, -0.15) is 0 Å². The smallest absolute Gasteiger partial charge is 0.308 e. The molecule has 2 heterocycles. The zero-order valence-electron chi connectivity index (χ0n) is 17.4. The van der Waals surface area contributed by atoms with Crippen LogP contribution in [0.3, 0.4) is 0 Å². The number of terminal acetylenes is 1. The topological polar surface area (TPSA) is 87.7 Å². The summed E-state index contributed by atoms with van der Waals surface area (Å²) < 4.78 is 4.87. The second kappa shape index (κ2) is 10.3. The van der Waals surface area contributed by atoms with Crippen LogP contribution in [0.1, 0.15) is 53.6 Å². The van der Waals surface area contributed by atoms with Gasteiger partial charge in [0.1, 0.15) is 6.04 Å². The van der Waals surface area contributed by atoms with Crippen LogP contribution in [0, 0.1) is 12.3 Å². The zero-order chi connectivity index (χ0) is 21.5. The molecule has 1 aromatic rings. The maximum Gasteiger partial charge on any atom is 0.308 e. The first-order valence-electron chi connectivity index (χ1n) is 10.6. The molecule has 0 spiro atoms. The van der Waals surface area contributed by atoms with E-state index in [1.165, 1.54) is 5.56 Å². The Morgan fingerprint density at radius 3 is 2.83 bits per heavy atom. The van der Waals surface area contributed by atoms with Crippen LogP contribution in [-0.2, 0) is 20.7 Å². The summed E-state index contributed by atoms with van der Waals surface area (Å²) in [6, 6.07) is 5.44. The van der Waals surface area contributed by atoms with Gasteiger partial charge in [0.15, 0.2) is 0 Å². The zero-order valence-corrected chi connectivity index (χ0v) is 17.4. The Labute approximate surface area is 177 Å². The van der Waals surface area contributed by atoms with Gasteiger partial charge in [0.2, 0.25) is 5.91 Å². The Bertz CT molecular complexity index is 839. The first-order chi connectivity index (χ1) is 14.5. The highest BCUT2D eigenvalue weighted by Gasteiger charge is 2.28. The summed E-state index contributed by atoms with van der Waals surface area (Å²) in [7, 11) is 0. The van der Waals surface area contributed by atoms with Gasteiger partial charge in [-0.05, 0) is 62.4 Å². The van der Waals surface area contributed by atoms with Crippen molar-refractivity contribution in [2.75, 3.05) is 32.8 Å². The van der Waals surface area contributed by atoms with Gasteiger partial charge in [0.25, 0.3) is 5.91 Å². The van der Waals surface area contributed by atoms with Crippen LogP contribution in [0.4, 0.5) is 0 Å². The molecule has 160 valence electrons. The van der Waals surface area contributed by atoms with Crippen molar-refractivity contribution in [1.29, 1.82) is 0 Å². The molecule has 0 unspecified atom stereocenters. The van der Waals surface area contributed by atoms with Crippen molar-refractivity contribution in [1.82, 2.24) is 15.5 Å². The molecular weight excluding hydrogens is 382 g/mol. The van der Waals surface area contributed by atoms with E-state index in [1.807, 2.05) is 6.07 Å². The number of hydrogen-bond donors (Lipinski definition) is 2. The number of amides is 2. The fourth-order valence-electron chi connectivity index (χ4n) is 4.05. The second-order valence-electron chi connectivity index (χ2n) is 7.71. The van der Waals surface area contributed by atoms with Gasteiger partial charge in [-0.25, -0.2) is 0 Å². The molecule has 2 N–H and O–H groups in total. The molecule has 7 heteroatoms. The van der Waals surface area contributed by atoms with Crippen LogP contribution in [-0.4, -0.2) is 61.5 Å². The number of ether oxygens (including phenoxy) is 1. The molecule has 0 bridgehead atoms. The van der Waals surface area contributed by atoms with E-state index >= 15 is 0 Å². The van der Waals surface area contributed by atoms with E-state index in [-0.39, 0.29) is 31.4 Å². The highest BCUT2D eigenvalue weighted by atomic mass is 16.5. The van der Waals surface area contributed by atoms with E-state index in [0.29, 0.717) is 24.4 Å². The summed E-state index contributed by atoms with van der Waals surface area (Å²) in [6.07, 6.45) is 8.16. The van der Waals surface area contributed by atoms with Crippen molar-refractivity contribution in [3.05, 3.63) is 34.9 Å². The van der Waals surface area contributed by atoms with Crippen molar-refractivity contribution < 1.29 is 19.1 Å². The third kappa shape index (κ3) is 5.39. The Kier molecular flexibility index (Phi) is 7.47. The monoisotopic (exact) mass is 411 g/mol. The van der Waals surface area contributed by atoms with Crippen LogP contribution in [0.5, 0.6) is 0 Å². The summed E-state index contributed by atoms with van der Waals surface area (Å²) >= 11 is 0. The number of rotatable bonds is 7. The minimum atomic E-state index is -0.754. The molecule has 1 saturated heterocycles. The van der Waals surface area contributed by atoms with Gasteiger partial charge >= 0.3 is 5.97 Å². The van der Waals surface area contributed by atoms with Crippen LogP contribution in [0.2, 0.25) is 0 Å². The van der Waals surface area contributed by atoms with E-state index in [9.17, 15) is 14.4 Å². The molecule has 30 heavy (non-hydrogen) atoms. The van der Waals surface area contributed by atoms with Crippen LogP contribution in [0.15, 0.2) is 18.2 Å². The van der Waals surface area contributed by atoms with Crippen molar-refractivity contribution in [2.45, 2.75) is 44.6 Å². The number of fused-ring (bicyclic) bond motifs is 1. The van der Waals surface area contributed by atoms with Gasteiger partial charge in [-0.1, -0.05) is 18.1 Å². The first-order valence-corrected chi connectivity index (χ1v) is 10.6. The Morgan fingerprint density at radius 2 is 2.13 bits per heavy atom. The summed E-state index contributed by atoms with van der Waals surface area (Å²) in [4.78, 5) is 38.6. The molecule has 3 rings (SSSR count). The molecule has 1 aromatic carbocycles. The molecule has 2 amide bonds. The summed E-state index contributed by atoms with van der Waals surface area (Å²) in [6.45, 7) is 4.33. The van der Waals surface area contributed by atoms with Crippen molar-refractivity contribution in [2.24, 2.45) is 0 Å². The van der Waals surface area contributed by atoms with Gasteiger partial charge < -0.3 is 20.3 Å². The molecule has 0 aliphatic carbocycles. The molecular formula is C23H29N3O4. The summed E-state index contributed by atoms with van der Waals surface area (Å²) in [5.41, 5.74) is 2.90. The number of esters is 1. The lowest BCUT2D eigenvalue weighted by Gasteiger charge is -2.30. The Balaban J connectivity index is 1.62. The van der Waals surface area contributed by atoms with Crippen molar-refractivity contribution in [3.8, 4) is 12.3 Å². The fourth-order valence-corrected chi connectivity index (χ4v) is 4.05. The maximum absolute atomic E-state index is 13.0. The number of carbonyl (C=O) groups is 3. The van der Waals surface area contributed by atoms with Gasteiger partial charge in [-0.15, -0.1) is 6.42 Å². The van der Waals surface area contributed by atoms with E-state index in [1.54, 1.807) is 11.8 Å². The maximum atomic E-state index is 13.0. The molecule has 0 saturated carbocycles. The molecule has 1 fully saturated rings. The van der Waals surface area contributed by atoms with Crippen LogP contribution < -0.4 is 10.6 Å². The minimum absolute atomic E-state index is 0.0865. The second-order valence-corrected chi connectivity index (χ2v) is 7.71. The lowest BCUT2D eigenvalue weighted by atomic mass is 9.87. The molecule has 1 atom stereocenters. The van der Waals surface area contributed by atoms with Crippen LogP contribution in [0.25, 0.3) is 0 Å². The van der Waals surface area contributed by atoms with Crippen LogP contribution >= 0.6 is 0 Å².